The van der Waals surface area contributed by atoms with Gasteiger partial charge in [-0.3, -0.25) is 15.1 Å². The maximum atomic E-state index is 12.8. The summed E-state index contributed by atoms with van der Waals surface area (Å²) in [6.45, 7) is 0.507. The van der Waals surface area contributed by atoms with E-state index in [4.69, 9.17) is 0 Å². The van der Waals surface area contributed by atoms with E-state index in [-0.39, 0.29) is 11.9 Å². The summed E-state index contributed by atoms with van der Waals surface area (Å²) >= 11 is 0. The van der Waals surface area contributed by atoms with E-state index in [9.17, 15) is 9.18 Å². The van der Waals surface area contributed by atoms with Gasteiger partial charge < -0.3 is 0 Å². The summed E-state index contributed by atoms with van der Waals surface area (Å²) in [4.78, 5) is 20.0. The number of rotatable bonds is 4. The largest absolute Gasteiger partial charge is 0.289 e. The number of nitrogens with one attached hydrogen (secondary N) is 1. The second-order valence-electron chi connectivity index (χ2n) is 4.59. The lowest BCUT2D eigenvalue weighted by Gasteiger charge is -2.01. The van der Waals surface area contributed by atoms with Gasteiger partial charge in [-0.25, -0.2) is 14.1 Å². The van der Waals surface area contributed by atoms with Gasteiger partial charge in [0.15, 0.2) is 0 Å². The van der Waals surface area contributed by atoms with E-state index in [0.717, 1.165) is 5.56 Å². The van der Waals surface area contributed by atoms with Gasteiger partial charge in [-0.15, -0.1) is 5.10 Å². The lowest BCUT2D eigenvalue weighted by molar-refractivity contribution is 0.102. The third-order valence-corrected chi connectivity index (χ3v) is 2.94. The molecule has 2 aromatic heterocycles. The van der Waals surface area contributed by atoms with Crippen LogP contribution in [0.2, 0.25) is 0 Å². The zero-order chi connectivity index (χ0) is 15.4. The summed E-state index contributed by atoms with van der Waals surface area (Å²) in [5, 5.41) is 6.72. The Morgan fingerprint density at radius 1 is 1.23 bits per heavy atom. The van der Waals surface area contributed by atoms with E-state index < -0.39 is 5.82 Å². The molecule has 6 nitrogen and oxygen atoms in total. The number of amides is 1. The molecule has 0 radical (unpaired) electrons. The van der Waals surface area contributed by atoms with Crippen LogP contribution in [-0.2, 0) is 6.54 Å². The molecule has 1 amide bonds. The molecule has 0 saturated carbocycles. The molecule has 1 aromatic carbocycles. The fourth-order valence-electron chi connectivity index (χ4n) is 1.88. The molecule has 0 unspecified atom stereocenters. The van der Waals surface area contributed by atoms with E-state index in [2.05, 4.69) is 20.4 Å². The molecule has 0 aliphatic heterocycles. The SMILES string of the molecule is O=C(Nc1ncn(Cc2cccnc2)n1)c1ccc(F)cc1. The van der Waals surface area contributed by atoms with Crippen molar-refractivity contribution < 1.29 is 9.18 Å². The van der Waals surface area contributed by atoms with Gasteiger partial charge in [-0.05, 0) is 35.9 Å². The van der Waals surface area contributed by atoms with Crippen LogP contribution < -0.4 is 5.32 Å². The number of aromatic nitrogens is 4. The fraction of sp³-hybridized carbons (Fsp3) is 0.0667. The van der Waals surface area contributed by atoms with Gasteiger partial charge in [0.2, 0.25) is 5.95 Å². The van der Waals surface area contributed by atoms with E-state index in [1.54, 1.807) is 17.1 Å². The van der Waals surface area contributed by atoms with Gasteiger partial charge in [0.25, 0.3) is 5.91 Å². The van der Waals surface area contributed by atoms with Crippen LogP contribution in [0.5, 0.6) is 0 Å². The van der Waals surface area contributed by atoms with Gasteiger partial charge in [0.05, 0.1) is 6.54 Å². The Bertz CT molecular complexity index is 770. The summed E-state index contributed by atoms with van der Waals surface area (Å²) in [7, 11) is 0. The molecular formula is C15H12FN5O. The Hall–Kier alpha value is -3.09. The summed E-state index contributed by atoms with van der Waals surface area (Å²) in [6, 6.07) is 9.01. The third-order valence-electron chi connectivity index (χ3n) is 2.94. The molecule has 0 aliphatic carbocycles. The van der Waals surface area contributed by atoms with Gasteiger partial charge in [0, 0.05) is 18.0 Å². The van der Waals surface area contributed by atoms with Gasteiger partial charge in [-0.2, -0.15) is 0 Å². The number of hydrogen-bond donors (Lipinski definition) is 1. The van der Waals surface area contributed by atoms with Crippen LogP contribution >= 0.6 is 0 Å². The van der Waals surface area contributed by atoms with Crippen LogP contribution in [0.3, 0.4) is 0 Å². The van der Waals surface area contributed by atoms with Crippen LogP contribution in [0.15, 0.2) is 55.1 Å². The monoisotopic (exact) mass is 297 g/mol. The number of carbonyl (C=O) groups excluding carboxylic acids is 1. The molecule has 0 aliphatic rings. The Kier molecular flexibility index (Phi) is 3.86. The van der Waals surface area contributed by atoms with Crippen LogP contribution in [0, 0.1) is 5.82 Å². The normalized spacial score (nSPS) is 10.4. The molecule has 0 atom stereocenters. The number of carbonyl (C=O) groups is 1. The highest BCUT2D eigenvalue weighted by Crippen LogP contribution is 2.07. The van der Waals surface area contributed by atoms with Crippen molar-refractivity contribution in [2.45, 2.75) is 6.54 Å². The molecule has 110 valence electrons. The molecule has 2 heterocycles. The van der Waals surface area contributed by atoms with Crippen molar-refractivity contribution in [3.05, 3.63) is 72.1 Å². The maximum Gasteiger partial charge on any atom is 0.258 e. The van der Waals surface area contributed by atoms with Crippen molar-refractivity contribution in [1.82, 2.24) is 19.7 Å². The van der Waals surface area contributed by atoms with Crippen LogP contribution in [0.4, 0.5) is 10.3 Å². The molecule has 0 fully saturated rings. The summed E-state index contributed by atoms with van der Waals surface area (Å²) in [5.74, 6) is -0.590. The maximum absolute atomic E-state index is 12.8. The first-order valence-electron chi connectivity index (χ1n) is 6.56. The average Bonchev–Trinajstić information content (AvgIpc) is 2.96. The van der Waals surface area contributed by atoms with E-state index in [1.807, 2.05) is 12.1 Å². The number of benzene rings is 1. The lowest BCUT2D eigenvalue weighted by Crippen LogP contribution is -2.13. The van der Waals surface area contributed by atoms with Crippen LogP contribution in [0.1, 0.15) is 15.9 Å². The van der Waals surface area contributed by atoms with Crippen molar-refractivity contribution in [3.8, 4) is 0 Å². The Morgan fingerprint density at radius 2 is 2.05 bits per heavy atom. The number of anilines is 1. The number of hydrogen-bond acceptors (Lipinski definition) is 4. The van der Waals surface area contributed by atoms with Gasteiger partial charge in [-0.1, -0.05) is 6.07 Å². The summed E-state index contributed by atoms with van der Waals surface area (Å²) in [5.41, 5.74) is 1.31. The molecule has 0 spiro atoms. The minimum Gasteiger partial charge on any atom is -0.289 e. The van der Waals surface area contributed by atoms with Crippen molar-refractivity contribution in [1.29, 1.82) is 0 Å². The predicted octanol–water partition coefficient (Wildman–Crippen LogP) is 2.11. The first kappa shape index (κ1) is 13.9. The van der Waals surface area contributed by atoms with E-state index in [1.165, 1.54) is 30.6 Å². The smallest absolute Gasteiger partial charge is 0.258 e. The molecule has 0 bridgehead atoms. The Labute approximate surface area is 125 Å². The number of pyridine rings is 1. The molecule has 3 aromatic rings. The molecule has 7 heteroatoms. The second-order valence-corrected chi connectivity index (χ2v) is 4.59. The van der Waals surface area contributed by atoms with Crippen molar-refractivity contribution in [3.63, 3.8) is 0 Å². The van der Waals surface area contributed by atoms with E-state index >= 15 is 0 Å². The Morgan fingerprint density at radius 3 is 2.77 bits per heavy atom. The molecule has 22 heavy (non-hydrogen) atoms. The average molecular weight is 297 g/mol. The second kappa shape index (κ2) is 6.13. The highest BCUT2D eigenvalue weighted by atomic mass is 19.1. The first-order valence-corrected chi connectivity index (χ1v) is 6.56. The molecule has 1 N–H and O–H groups in total. The standard InChI is InChI=1S/C15H12FN5O/c16-13-5-3-12(4-6-13)14(22)19-15-18-10-21(20-15)9-11-2-1-7-17-8-11/h1-8,10H,9H2,(H,19,20,22). The zero-order valence-corrected chi connectivity index (χ0v) is 11.5. The number of nitrogens with zero attached hydrogens (tertiary/aromatic N) is 4. The zero-order valence-electron chi connectivity index (χ0n) is 11.5. The predicted molar refractivity (Wildman–Crippen MR) is 77.7 cm³/mol. The molecule has 0 saturated heterocycles. The van der Waals surface area contributed by atoms with Gasteiger partial charge >= 0.3 is 0 Å². The topological polar surface area (TPSA) is 72.7 Å². The van der Waals surface area contributed by atoms with Crippen molar-refractivity contribution >= 4 is 11.9 Å². The Balaban J connectivity index is 1.66. The minimum absolute atomic E-state index is 0.193. The molecular weight excluding hydrogens is 285 g/mol. The van der Waals surface area contributed by atoms with Crippen molar-refractivity contribution in [2.24, 2.45) is 0 Å². The highest BCUT2D eigenvalue weighted by Gasteiger charge is 2.09. The van der Waals surface area contributed by atoms with Crippen LogP contribution in [-0.4, -0.2) is 25.7 Å². The lowest BCUT2D eigenvalue weighted by atomic mass is 10.2. The quantitative estimate of drug-likeness (QED) is 0.800. The molecule has 3 rings (SSSR count). The minimum atomic E-state index is -0.393. The summed E-state index contributed by atoms with van der Waals surface area (Å²) in [6.07, 6.45) is 4.95. The third kappa shape index (κ3) is 3.32. The number of halogens is 1. The van der Waals surface area contributed by atoms with Crippen LogP contribution in [0.25, 0.3) is 0 Å². The van der Waals surface area contributed by atoms with Gasteiger partial charge in [0.1, 0.15) is 12.1 Å². The first-order chi connectivity index (χ1) is 10.7. The fourth-order valence-corrected chi connectivity index (χ4v) is 1.88. The highest BCUT2D eigenvalue weighted by molar-refractivity contribution is 6.03. The van der Waals surface area contributed by atoms with E-state index in [0.29, 0.717) is 12.1 Å². The summed E-state index contributed by atoms with van der Waals surface area (Å²) < 4.78 is 14.4. The van der Waals surface area contributed by atoms with Crippen molar-refractivity contribution in [2.75, 3.05) is 5.32 Å².